The Morgan fingerprint density at radius 1 is 1.28 bits per heavy atom. The fourth-order valence-electron chi connectivity index (χ4n) is 3.07. The van der Waals surface area contributed by atoms with Gasteiger partial charge in [-0.3, -0.25) is 0 Å². The van der Waals surface area contributed by atoms with Crippen molar-refractivity contribution in [1.29, 1.82) is 0 Å². The number of rotatable bonds is 2. The Balaban J connectivity index is 1.77. The van der Waals surface area contributed by atoms with Crippen molar-refractivity contribution in [2.24, 2.45) is 0 Å². The first-order chi connectivity index (χ1) is 13.4. The first-order valence-electron chi connectivity index (χ1n) is 9.13. The highest BCUT2D eigenvalue weighted by atomic mass is 19.4. The molecule has 3 rings (SSSR count). The van der Waals surface area contributed by atoms with E-state index in [2.05, 4.69) is 10.1 Å². The third kappa shape index (κ3) is 5.04. The fourth-order valence-corrected chi connectivity index (χ4v) is 3.07. The van der Waals surface area contributed by atoms with Crippen LogP contribution < -0.4 is 0 Å². The van der Waals surface area contributed by atoms with Crippen molar-refractivity contribution in [1.82, 2.24) is 15.0 Å². The van der Waals surface area contributed by atoms with Gasteiger partial charge in [-0.2, -0.15) is 18.2 Å². The molecule has 1 saturated heterocycles. The van der Waals surface area contributed by atoms with E-state index < -0.39 is 29.3 Å². The summed E-state index contributed by atoms with van der Waals surface area (Å²) in [6.45, 7) is 6.14. The average molecular weight is 415 g/mol. The smallest absolute Gasteiger partial charge is 0.419 e. The van der Waals surface area contributed by atoms with Crippen LogP contribution in [0.2, 0.25) is 0 Å². The number of alkyl halides is 3. The molecule has 0 radical (unpaired) electrons. The number of benzene rings is 1. The van der Waals surface area contributed by atoms with Crippen LogP contribution in [0.4, 0.5) is 22.4 Å². The Morgan fingerprint density at radius 2 is 2.00 bits per heavy atom. The Kier molecular flexibility index (Phi) is 5.55. The molecule has 1 atom stereocenters. The number of carbonyl (C=O) groups excluding carboxylic acids is 1. The minimum Gasteiger partial charge on any atom is -0.444 e. The van der Waals surface area contributed by atoms with Crippen molar-refractivity contribution in [3.05, 3.63) is 35.5 Å². The lowest BCUT2D eigenvalue weighted by atomic mass is 9.98. The molecular formula is C19H21F4N3O3. The summed E-state index contributed by atoms with van der Waals surface area (Å²) in [4.78, 5) is 18.0. The largest absolute Gasteiger partial charge is 0.444 e. The zero-order valence-electron chi connectivity index (χ0n) is 16.2. The van der Waals surface area contributed by atoms with Crippen LogP contribution in [0.3, 0.4) is 0 Å². The van der Waals surface area contributed by atoms with E-state index >= 15 is 0 Å². The highest BCUT2D eigenvalue weighted by molar-refractivity contribution is 5.68. The molecule has 0 unspecified atom stereocenters. The topological polar surface area (TPSA) is 68.5 Å². The third-order valence-electron chi connectivity index (χ3n) is 4.39. The number of ether oxygens (including phenoxy) is 1. The van der Waals surface area contributed by atoms with Crippen molar-refractivity contribution < 1.29 is 31.6 Å². The maximum Gasteiger partial charge on any atom is 0.419 e. The van der Waals surface area contributed by atoms with Gasteiger partial charge in [0.25, 0.3) is 0 Å². The summed E-state index contributed by atoms with van der Waals surface area (Å²) >= 11 is 0. The summed E-state index contributed by atoms with van der Waals surface area (Å²) in [6, 6.07) is 2.53. The monoisotopic (exact) mass is 415 g/mol. The van der Waals surface area contributed by atoms with Crippen molar-refractivity contribution in [2.75, 3.05) is 13.1 Å². The van der Waals surface area contributed by atoms with Crippen LogP contribution in [0.25, 0.3) is 11.4 Å². The predicted octanol–water partition coefficient (Wildman–Crippen LogP) is 5.01. The highest BCUT2D eigenvalue weighted by Gasteiger charge is 2.35. The van der Waals surface area contributed by atoms with Crippen LogP contribution in [-0.4, -0.2) is 39.8 Å². The van der Waals surface area contributed by atoms with Crippen LogP contribution in [-0.2, 0) is 10.9 Å². The number of nitrogens with zero attached hydrogens (tertiary/aromatic N) is 3. The van der Waals surface area contributed by atoms with Crippen molar-refractivity contribution in [3.8, 4) is 11.4 Å². The maximum absolute atomic E-state index is 13.5. The molecule has 0 spiro atoms. The Morgan fingerprint density at radius 3 is 2.66 bits per heavy atom. The normalized spacial score (nSPS) is 18.0. The Labute approximate surface area is 164 Å². The summed E-state index contributed by atoms with van der Waals surface area (Å²) in [7, 11) is 0. The summed E-state index contributed by atoms with van der Waals surface area (Å²) in [5, 5.41) is 3.73. The van der Waals surface area contributed by atoms with Gasteiger partial charge in [0.15, 0.2) is 0 Å². The highest BCUT2D eigenvalue weighted by Crippen LogP contribution is 2.34. The van der Waals surface area contributed by atoms with Gasteiger partial charge >= 0.3 is 12.3 Å². The number of carbonyl (C=O) groups is 1. The van der Waals surface area contributed by atoms with Gasteiger partial charge in [-0.05, 0) is 51.8 Å². The van der Waals surface area contributed by atoms with Gasteiger partial charge in [-0.1, -0.05) is 5.16 Å². The summed E-state index contributed by atoms with van der Waals surface area (Å²) < 4.78 is 62.8. The van der Waals surface area contributed by atoms with Crippen LogP contribution in [0.1, 0.15) is 51.0 Å². The maximum atomic E-state index is 13.5. The van der Waals surface area contributed by atoms with Crippen LogP contribution >= 0.6 is 0 Å². The van der Waals surface area contributed by atoms with Gasteiger partial charge in [-0.25, -0.2) is 9.18 Å². The molecular weight excluding hydrogens is 394 g/mol. The second-order valence-electron chi connectivity index (χ2n) is 7.91. The van der Waals surface area contributed by atoms with Crippen LogP contribution in [0.5, 0.6) is 0 Å². The van der Waals surface area contributed by atoms with Gasteiger partial charge in [0.05, 0.1) is 11.5 Å². The van der Waals surface area contributed by atoms with Gasteiger partial charge in [-0.15, -0.1) is 0 Å². The Bertz CT molecular complexity index is 890. The zero-order chi connectivity index (χ0) is 21.4. The lowest BCUT2D eigenvalue weighted by molar-refractivity contribution is -0.139. The number of aromatic nitrogens is 2. The second-order valence-corrected chi connectivity index (χ2v) is 7.91. The number of likely N-dealkylation sites (tertiary alicyclic amines) is 1. The first kappa shape index (κ1) is 21.1. The number of hydrogen-bond acceptors (Lipinski definition) is 5. The molecule has 1 aromatic heterocycles. The molecule has 1 fully saturated rings. The van der Waals surface area contributed by atoms with Crippen molar-refractivity contribution in [2.45, 2.75) is 51.3 Å². The molecule has 0 saturated carbocycles. The van der Waals surface area contributed by atoms with Crippen molar-refractivity contribution in [3.63, 3.8) is 0 Å². The SMILES string of the molecule is CC(C)(C)OC(=O)N1CCC[C@@H](c2nc(-c3ccc(F)c(C(F)(F)F)c3)no2)C1. The quantitative estimate of drug-likeness (QED) is 0.645. The van der Waals surface area contributed by atoms with Crippen molar-refractivity contribution >= 4 is 6.09 Å². The van der Waals surface area contributed by atoms with E-state index in [9.17, 15) is 22.4 Å². The van der Waals surface area contributed by atoms with Crippen LogP contribution in [0, 0.1) is 5.82 Å². The lowest BCUT2D eigenvalue weighted by Gasteiger charge is -2.32. The van der Waals surface area contributed by atoms with E-state index in [1.54, 1.807) is 25.7 Å². The molecule has 2 aromatic rings. The van der Waals surface area contributed by atoms with E-state index in [1.165, 1.54) is 0 Å². The molecule has 158 valence electrons. The lowest BCUT2D eigenvalue weighted by Crippen LogP contribution is -2.42. The number of piperidine rings is 1. The molecule has 0 aliphatic carbocycles. The first-order valence-corrected chi connectivity index (χ1v) is 9.13. The van der Waals surface area contributed by atoms with Gasteiger partial charge in [0.1, 0.15) is 11.4 Å². The minimum atomic E-state index is -4.83. The molecule has 29 heavy (non-hydrogen) atoms. The zero-order valence-corrected chi connectivity index (χ0v) is 16.2. The van der Waals surface area contributed by atoms with E-state index in [0.29, 0.717) is 32.0 Å². The molecule has 10 heteroatoms. The van der Waals surface area contributed by atoms with Gasteiger partial charge in [0, 0.05) is 18.7 Å². The summed E-state index contributed by atoms with van der Waals surface area (Å²) in [6.07, 6.45) is -3.91. The molecule has 1 amide bonds. The average Bonchev–Trinajstić information content (AvgIpc) is 3.10. The number of hydrogen-bond donors (Lipinski definition) is 0. The molecule has 1 aliphatic heterocycles. The van der Waals surface area contributed by atoms with Crippen LogP contribution in [0.15, 0.2) is 22.7 Å². The van der Waals surface area contributed by atoms with Gasteiger partial charge in [0.2, 0.25) is 11.7 Å². The predicted molar refractivity (Wildman–Crippen MR) is 94.5 cm³/mol. The van der Waals surface area contributed by atoms with Gasteiger partial charge < -0.3 is 14.2 Å². The molecule has 0 bridgehead atoms. The van der Waals surface area contributed by atoms with E-state index in [4.69, 9.17) is 9.26 Å². The second kappa shape index (κ2) is 7.64. The fraction of sp³-hybridized carbons (Fsp3) is 0.526. The Hall–Kier alpha value is -2.65. The number of amides is 1. The third-order valence-corrected chi connectivity index (χ3v) is 4.39. The standard InChI is InChI=1S/C19H21F4N3O3/c1-18(2,3)28-17(27)26-8-4-5-12(10-26)16-24-15(25-29-16)11-6-7-14(20)13(9-11)19(21,22)23/h6-7,9,12H,4-5,8,10H2,1-3H3/t12-/m1/s1. The molecule has 6 nitrogen and oxygen atoms in total. The molecule has 0 N–H and O–H groups in total. The molecule has 2 heterocycles. The van der Waals surface area contributed by atoms with E-state index in [1.807, 2.05) is 0 Å². The summed E-state index contributed by atoms with van der Waals surface area (Å²) in [5.41, 5.74) is -2.02. The molecule has 1 aromatic carbocycles. The number of halogens is 4. The van der Waals surface area contributed by atoms with E-state index in [0.717, 1.165) is 12.1 Å². The van der Waals surface area contributed by atoms with E-state index in [-0.39, 0.29) is 23.2 Å². The molecule has 1 aliphatic rings. The minimum absolute atomic E-state index is 0.00599. The summed E-state index contributed by atoms with van der Waals surface area (Å²) in [5.74, 6) is -1.49.